The molecule has 3 heteroatoms. The van der Waals surface area contributed by atoms with Gasteiger partial charge in [0.05, 0.1) is 6.20 Å². The fraction of sp³-hybridized carbons (Fsp3) is 0.769. The maximum absolute atomic E-state index is 5.89. The van der Waals surface area contributed by atoms with Crippen molar-refractivity contribution in [1.82, 2.24) is 10.3 Å². The average Bonchev–Trinajstić information content (AvgIpc) is 2.99. The first-order chi connectivity index (χ1) is 7.92. The van der Waals surface area contributed by atoms with Gasteiger partial charge < -0.3 is 9.73 Å². The predicted octanol–water partition coefficient (Wildman–Crippen LogP) is 2.48. The topological polar surface area (TPSA) is 38.1 Å². The number of rotatable bonds is 3. The van der Waals surface area contributed by atoms with Crippen molar-refractivity contribution in [2.75, 3.05) is 13.1 Å². The largest absolute Gasteiger partial charge is 0.445 e. The molecule has 0 bridgehead atoms. The Kier molecular flexibility index (Phi) is 2.96. The molecule has 3 rings (SSSR count). The van der Waals surface area contributed by atoms with E-state index in [1.165, 1.54) is 32.1 Å². The van der Waals surface area contributed by atoms with Gasteiger partial charge >= 0.3 is 0 Å². The van der Waals surface area contributed by atoms with Crippen molar-refractivity contribution in [3.8, 4) is 0 Å². The Balaban J connectivity index is 1.62. The highest BCUT2D eigenvalue weighted by Crippen LogP contribution is 2.34. The molecular formula is C13H20N2O. The van der Waals surface area contributed by atoms with Gasteiger partial charge in [0.2, 0.25) is 0 Å². The molecular weight excluding hydrogens is 200 g/mol. The highest BCUT2D eigenvalue weighted by molar-refractivity contribution is 5.04. The molecule has 1 aliphatic heterocycles. The standard InChI is InChI=1S/C13H20N2O/c1-2-4-11(3-1)12-9-15-13(16-12)7-10-5-6-14-8-10/h9-11,14H,1-8H2. The first kappa shape index (κ1) is 10.3. The molecule has 1 N–H and O–H groups in total. The summed E-state index contributed by atoms with van der Waals surface area (Å²) in [5.74, 6) is 3.48. The van der Waals surface area contributed by atoms with Crippen LogP contribution in [0.3, 0.4) is 0 Å². The van der Waals surface area contributed by atoms with Crippen LogP contribution in [0.4, 0.5) is 0 Å². The van der Waals surface area contributed by atoms with E-state index in [-0.39, 0.29) is 0 Å². The Morgan fingerprint density at radius 1 is 1.31 bits per heavy atom. The molecule has 88 valence electrons. The zero-order valence-corrected chi connectivity index (χ0v) is 9.74. The van der Waals surface area contributed by atoms with Crippen molar-refractivity contribution >= 4 is 0 Å². The molecule has 3 nitrogen and oxygen atoms in total. The third-order valence-corrected chi connectivity index (χ3v) is 3.95. The average molecular weight is 220 g/mol. The summed E-state index contributed by atoms with van der Waals surface area (Å²) in [5, 5.41) is 3.39. The Labute approximate surface area is 96.6 Å². The summed E-state index contributed by atoms with van der Waals surface area (Å²) in [5.41, 5.74) is 0. The van der Waals surface area contributed by atoms with Crippen LogP contribution in [0.5, 0.6) is 0 Å². The Morgan fingerprint density at radius 3 is 2.94 bits per heavy atom. The maximum atomic E-state index is 5.89. The lowest BCUT2D eigenvalue weighted by molar-refractivity contribution is 0.397. The van der Waals surface area contributed by atoms with Gasteiger partial charge in [-0.05, 0) is 38.3 Å². The van der Waals surface area contributed by atoms with Crippen LogP contribution in [0.2, 0.25) is 0 Å². The molecule has 2 fully saturated rings. The monoisotopic (exact) mass is 220 g/mol. The van der Waals surface area contributed by atoms with Gasteiger partial charge in [-0.2, -0.15) is 0 Å². The number of nitrogens with one attached hydrogen (secondary N) is 1. The molecule has 1 saturated carbocycles. The molecule has 1 aromatic heterocycles. The lowest BCUT2D eigenvalue weighted by Crippen LogP contribution is -2.10. The quantitative estimate of drug-likeness (QED) is 0.850. The second-order valence-corrected chi connectivity index (χ2v) is 5.20. The lowest BCUT2D eigenvalue weighted by Gasteiger charge is -2.05. The van der Waals surface area contributed by atoms with Gasteiger partial charge in [-0.3, -0.25) is 0 Å². The Morgan fingerprint density at radius 2 is 2.19 bits per heavy atom. The molecule has 0 amide bonds. The van der Waals surface area contributed by atoms with Gasteiger partial charge in [0.1, 0.15) is 5.76 Å². The molecule has 1 aliphatic carbocycles. The molecule has 1 saturated heterocycles. The number of nitrogens with zero attached hydrogens (tertiary/aromatic N) is 1. The van der Waals surface area contributed by atoms with Crippen molar-refractivity contribution < 1.29 is 4.42 Å². The smallest absolute Gasteiger partial charge is 0.194 e. The van der Waals surface area contributed by atoms with Crippen molar-refractivity contribution in [2.45, 2.75) is 44.4 Å². The van der Waals surface area contributed by atoms with Gasteiger partial charge in [-0.25, -0.2) is 4.98 Å². The van der Waals surface area contributed by atoms with E-state index in [2.05, 4.69) is 10.3 Å². The van der Waals surface area contributed by atoms with Crippen molar-refractivity contribution in [3.05, 3.63) is 17.8 Å². The van der Waals surface area contributed by atoms with Crippen LogP contribution >= 0.6 is 0 Å². The van der Waals surface area contributed by atoms with E-state index in [9.17, 15) is 0 Å². The summed E-state index contributed by atoms with van der Waals surface area (Å²) in [6.07, 6.45) is 9.54. The van der Waals surface area contributed by atoms with E-state index in [1.54, 1.807) is 0 Å². The summed E-state index contributed by atoms with van der Waals surface area (Å²) in [7, 11) is 0. The van der Waals surface area contributed by atoms with Crippen LogP contribution in [-0.4, -0.2) is 18.1 Å². The van der Waals surface area contributed by atoms with Crippen LogP contribution < -0.4 is 5.32 Å². The van der Waals surface area contributed by atoms with E-state index in [4.69, 9.17) is 4.42 Å². The van der Waals surface area contributed by atoms with E-state index < -0.39 is 0 Å². The van der Waals surface area contributed by atoms with E-state index in [0.717, 1.165) is 37.1 Å². The molecule has 0 aromatic carbocycles. The number of oxazole rings is 1. The minimum absolute atomic E-state index is 0.656. The molecule has 2 aliphatic rings. The van der Waals surface area contributed by atoms with Crippen molar-refractivity contribution in [1.29, 1.82) is 0 Å². The van der Waals surface area contributed by atoms with Crippen LogP contribution in [0.15, 0.2) is 10.6 Å². The maximum Gasteiger partial charge on any atom is 0.194 e. The van der Waals surface area contributed by atoms with Crippen molar-refractivity contribution in [3.63, 3.8) is 0 Å². The summed E-state index contributed by atoms with van der Waals surface area (Å²) in [6, 6.07) is 0. The molecule has 2 heterocycles. The van der Waals surface area contributed by atoms with E-state index in [0.29, 0.717) is 5.92 Å². The molecule has 16 heavy (non-hydrogen) atoms. The molecule has 1 atom stereocenters. The van der Waals surface area contributed by atoms with E-state index in [1.807, 2.05) is 6.20 Å². The highest BCUT2D eigenvalue weighted by atomic mass is 16.4. The zero-order valence-electron chi connectivity index (χ0n) is 9.74. The summed E-state index contributed by atoms with van der Waals surface area (Å²) >= 11 is 0. The number of aromatic nitrogens is 1. The second-order valence-electron chi connectivity index (χ2n) is 5.20. The third kappa shape index (κ3) is 2.14. The Hall–Kier alpha value is -0.830. The van der Waals surface area contributed by atoms with Gasteiger partial charge in [0, 0.05) is 12.3 Å². The SMILES string of the molecule is c1nc(CC2CCNC2)oc1C1CCCC1. The van der Waals surface area contributed by atoms with Crippen LogP contribution in [0, 0.1) is 5.92 Å². The minimum atomic E-state index is 0.656. The zero-order chi connectivity index (χ0) is 10.8. The van der Waals surface area contributed by atoms with Gasteiger partial charge in [-0.1, -0.05) is 12.8 Å². The van der Waals surface area contributed by atoms with Gasteiger partial charge in [-0.15, -0.1) is 0 Å². The van der Waals surface area contributed by atoms with Crippen LogP contribution in [0.1, 0.15) is 49.7 Å². The summed E-state index contributed by atoms with van der Waals surface area (Å²) in [6.45, 7) is 2.28. The summed E-state index contributed by atoms with van der Waals surface area (Å²) < 4.78 is 5.89. The van der Waals surface area contributed by atoms with Gasteiger partial charge in [0.25, 0.3) is 0 Å². The highest BCUT2D eigenvalue weighted by Gasteiger charge is 2.22. The molecule has 0 spiro atoms. The normalized spacial score (nSPS) is 26.6. The molecule has 1 aromatic rings. The first-order valence-corrected chi connectivity index (χ1v) is 6.57. The number of hydrogen-bond donors (Lipinski definition) is 1. The minimum Gasteiger partial charge on any atom is -0.445 e. The van der Waals surface area contributed by atoms with Crippen LogP contribution in [0.25, 0.3) is 0 Å². The predicted molar refractivity (Wildman–Crippen MR) is 62.4 cm³/mol. The fourth-order valence-corrected chi connectivity index (χ4v) is 2.95. The lowest BCUT2D eigenvalue weighted by atomic mass is 10.1. The second kappa shape index (κ2) is 4.58. The fourth-order valence-electron chi connectivity index (χ4n) is 2.95. The third-order valence-electron chi connectivity index (χ3n) is 3.95. The molecule has 0 radical (unpaired) electrons. The van der Waals surface area contributed by atoms with Gasteiger partial charge in [0.15, 0.2) is 5.89 Å². The number of hydrogen-bond acceptors (Lipinski definition) is 3. The van der Waals surface area contributed by atoms with E-state index >= 15 is 0 Å². The first-order valence-electron chi connectivity index (χ1n) is 6.57. The summed E-state index contributed by atoms with van der Waals surface area (Å²) in [4.78, 5) is 4.43. The van der Waals surface area contributed by atoms with Crippen molar-refractivity contribution in [2.24, 2.45) is 5.92 Å². The van der Waals surface area contributed by atoms with Crippen LogP contribution in [-0.2, 0) is 6.42 Å². The Bertz CT molecular complexity index is 335. The molecule has 1 unspecified atom stereocenters.